The van der Waals surface area contributed by atoms with Crippen LogP contribution in [0.4, 0.5) is 0 Å². The maximum Gasteiger partial charge on any atom is 0.236 e. The molecule has 0 spiro atoms. The smallest absolute Gasteiger partial charge is 0.236 e. The number of hydrogen-bond acceptors (Lipinski definition) is 3. The highest BCUT2D eigenvalue weighted by Gasteiger charge is 2.20. The Morgan fingerprint density at radius 1 is 1.44 bits per heavy atom. The van der Waals surface area contributed by atoms with Gasteiger partial charge in [-0.05, 0) is 29.7 Å². The van der Waals surface area contributed by atoms with Gasteiger partial charge in [-0.3, -0.25) is 4.79 Å². The molecule has 0 saturated heterocycles. The Labute approximate surface area is 108 Å². The lowest BCUT2D eigenvalue weighted by Crippen LogP contribution is -2.42. The Morgan fingerprint density at radius 2 is 2.22 bits per heavy atom. The van der Waals surface area contributed by atoms with Crippen molar-refractivity contribution in [1.29, 1.82) is 0 Å². The molecule has 2 rings (SSSR count). The number of nitrogens with one attached hydrogen (secondary N) is 1. The molecule has 0 bridgehead atoms. The highest BCUT2D eigenvalue weighted by atomic mass is 16.3. The first-order valence-corrected chi connectivity index (χ1v) is 6.38. The maximum atomic E-state index is 12.0. The van der Waals surface area contributed by atoms with Gasteiger partial charge in [0.05, 0.1) is 6.54 Å². The third-order valence-electron chi connectivity index (χ3n) is 3.22. The molecule has 1 aromatic carbocycles. The molecule has 1 aliphatic rings. The quantitative estimate of drug-likeness (QED) is 0.847. The molecule has 1 aromatic rings. The van der Waals surface area contributed by atoms with E-state index in [1.165, 1.54) is 5.56 Å². The fourth-order valence-electron chi connectivity index (χ4n) is 2.16. The summed E-state index contributed by atoms with van der Waals surface area (Å²) in [4.78, 5) is 13.8. The van der Waals surface area contributed by atoms with Crippen LogP contribution in [0.15, 0.2) is 18.2 Å². The normalized spacial score (nSPS) is 14.7. The molecule has 1 heterocycles. The standard InChI is InChI=1S/C14H20N2O2/c1-10(2)15-8-14(18)16-6-5-11-3-4-13(17)7-12(11)9-16/h3-4,7,10,15,17H,5-6,8-9H2,1-2H3. The van der Waals surface area contributed by atoms with Gasteiger partial charge < -0.3 is 15.3 Å². The lowest BCUT2D eigenvalue weighted by molar-refractivity contribution is -0.131. The molecule has 98 valence electrons. The summed E-state index contributed by atoms with van der Waals surface area (Å²) in [5, 5.41) is 12.6. The molecule has 0 unspecified atom stereocenters. The number of fused-ring (bicyclic) bond motifs is 1. The van der Waals surface area contributed by atoms with Gasteiger partial charge in [-0.1, -0.05) is 19.9 Å². The summed E-state index contributed by atoms with van der Waals surface area (Å²) in [7, 11) is 0. The van der Waals surface area contributed by atoms with Gasteiger partial charge in [0.25, 0.3) is 0 Å². The van der Waals surface area contributed by atoms with Crippen LogP contribution in [0.3, 0.4) is 0 Å². The highest BCUT2D eigenvalue weighted by Crippen LogP contribution is 2.22. The summed E-state index contributed by atoms with van der Waals surface area (Å²) in [5.41, 5.74) is 2.29. The molecule has 0 radical (unpaired) electrons. The minimum absolute atomic E-state index is 0.123. The SMILES string of the molecule is CC(C)NCC(=O)N1CCc2ccc(O)cc2C1. The number of phenols is 1. The fourth-order valence-corrected chi connectivity index (χ4v) is 2.16. The molecule has 0 aromatic heterocycles. The van der Waals surface area contributed by atoms with Crippen LogP contribution < -0.4 is 5.32 Å². The monoisotopic (exact) mass is 248 g/mol. The first-order valence-electron chi connectivity index (χ1n) is 6.38. The molecule has 1 amide bonds. The summed E-state index contributed by atoms with van der Waals surface area (Å²) < 4.78 is 0. The van der Waals surface area contributed by atoms with Crippen molar-refractivity contribution in [3.05, 3.63) is 29.3 Å². The first kappa shape index (κ1) is 12.9. The maximum absolute atomic E-state index is 12.0. The van der Waals surface area contributed by atoms with E-state index in [9.17, 15) is 9.90 Å². The highest BCUT2D eigenvalue weighted by molar-refractivity contribution is 5.78. The molecule has 1 aliphatic heterocycles. The Balaban J connectivity index is 2.00. The van der Waals surface area contributed by atoms with E-state index in [1.807, 2.05) is 24.8 Å². The van der Waals surface area contributed by atoms with Crippen molar-refractivity contribution in [2.45, 2.75) is 32.9 Å². The number of rotatable bonds is 3. The van der Waals surface area contributed by atoms with Gasteiger partial charge in [0, 0.05) is 19.1 Å². The molecule has 18 heavy (non-hydrogen) atoms. The number of phenolic OH excluding ortho intramolecular Hbond substituents is 1. The van der Waals surface area contributed by atoms with E-state index < -0.39 is 0 Å². The summed E-state index contributed by atoms with van der Waals surface area (Å²) in [6.45, 7) is 5.79. The van der Waals surface area contributed by atoms with Crippen molar-refractivity contribution in [2.75, 3.05) is 13.1 Å². The molecule has 0 atom stereocenters. The van der Waals surface area contributed by atoms with Crippen molar-refractivity contribution in [2.24, 2.45) is 0 Å². The zero-order chi connectivity index (χ0) is 13.1. The van der Waals surface area contributed by atoms with Crippen LogP contribution in [0.25, 0.3) is 0 Å². The van der Waals surface area contributed by atoms with E-state index in [0.717, 1.165) is 18.5 Å². The predicted octanol–water partition coefficient (Wildman–Crippen LogP) is 1.27. The molecular formula is C14H20N2O2. The van der Waals surface area contributed by atoms with Crippen molar-refractivity contribution < 1.29 is 9.90 Å². The summed E-state index contributed by atoms with van der Waals surface area (Å²) in [6.07, 6.45) is 0.864. The van der Waals surface area contributed by atoms with Crippen molar-refractivity contribution in [1.82, 2.24) is 10.2 Å². The minimum Gasteiger partial charge on any atom is -0.508 e. The molecule has 0 saturated carbocycles. The van der Waals surface area contributed by atoms with Gasteiger partial charge in [0.15, 0.2) is 0 Å². The van der Waals surface area contributed by atoms with Crippen LogP contribution in [0, 0.1) is 0 Å². The molecule has 4 nitrogen and oxygen atoms in total. The van der Waals surface area contributed by atoms with E-state index in [4.69, 9.17) is 0 Å². The molecule has 2 N–H and O–H groups in total. The molecule has 0 fully saturated rings. The fraction of sp³-hybridized carbons (Fsp3) is 0.500. The Kier molecular flexibility index (Phi) is 3.87. The number of benzene rings is 1. The summed E-state index contributed by atoms with van der Waals surface area (Å²) in [6, 6.07) is 5.72. The molecule has 0 aliphatic carbocycles. The zero-order valence-electron chi connectivity index (χ0n) is 10.9. The van der Waals surface area contributed by atoms with E-state index in [1.54, 1.807) is 12.1 Å². The van der Waals surface area contributed by atoms with Crippen LogP contribution >= 0.6 is 0 Å². The minimum atomic E-state index is 0.123. The van der Waals surface area contributed by atoms with Crippen LogP contribution in [0.5, 0.6) is 5.75 Å². The van der Waals surface area contributed by atoms with Crippen molar-refractivity contribution in [3.8, 4) is 5.75 Å². The van der Waals surface area contributed by atoms with E-state index in [-0.39, 0.29) is 11.7 Å². The number of hydrogen-bond donors (Lipinski definition) is 2. The second kappa shape index (κ2) is 5.40. The Bertz CT molecular complexity index is 443. The van der Waals surface area contributed by atoms with Gasteiger partial charge in [-0.2, -0.15) is 0 Å². The van der Waals surface area contributed by atoms with Gasteiger partial charge >= 0.3 is 0 Å². The van der Waals surface area contributed by atoms with Crippen LogP contribution in [0.2, 0.25) is 0 Å². The Morgan fingerprint density at radius 3 is 2.94 bits per heavy atom. The van der Waals surface area contributed by atoms with Gasteiger partial charge in [0.2, 0.25) is 5.91 Å². The van der Waals surface area contributed by atoms with Crippen LogP contribution in [-0.2, 0) is 17.8 Å². The predicted molar refractivity (Wildman–Crippen MR) is 70.4 cm³/mol. The topological polar surface area (TPSA) is 52.6 Å². The number of carbonyl (C=O) groups excluding carboxylic acids is 1. The van der Waals surface area contributed by atoms with E-state index in [2.05, 4.69) is 5.32 Å². The average molecular weight is 248 g/mol. The van der Waals surface area contributed by atoms with Crippen LogP contribution in [0.1, 0.15) is 25.0 Å². The number of nitrogens with zero attached hydrogens (tertiary/aromatic N) is 1. The zero-order valence-corrected chi connectivity index (χ0v) is 10.9. The first-order chi connectivity index (χ1) is 8.56. The third kappa shape index (κ3) is 3.01. The van der Waals surface area contributed by atoms with Gasteiger partial charge in [-0.15, -0.1) is 0 Å². The third-order valence-corrected chi connectivity index (χ3v) is 3.22. The second-order valence-electron chi connectivity index (χ2n) is 5.05. The lowest BCUT2D eigenvalue weighted by atomic mass is 9.99. The second-order valence-corrected chi connectivity index (χ2v) is 5.05. The van der Waals surface area contributed by atoms with E-state index in [0.29, 0.717) is 19.1 Å². The van der Waals surface area contributed by atoms with Crippen LogP contribution in [-0.4, -0.2) is 35.0 Å². The van der Waals surface area contributed by atoms with Gasteiger partial charge in [-0.25, -0.2) is 0 Å². The summed E-state index contributed by atoms with van der Waals surface area (Å²) in [5.74, 6) is 0.390. The summed E-state index contributed by atoms with van der Waals surface area (Å²) >= 11 is 0. The molecular weight excluding hydrogens is 228 g/mol. The number of carbonyl (C=O) groups is 1. The molecule has 4 heteroatoms. The Hall–Kier alpha value is -1.55. The van der Waals surface area contributed by atoms with Gasteiger partial charge in [0.1, 0.15) is 5.75 Å². The van der Waals surface area contributed by atoms with Crippen molar-refractivity contribution >= 4 is 5.91 Å². The average Bonchev–Trinajstić information content (AvgIpc) is 2.34. The largest absolute Gasteiger partial charge is 0.508 e. The number of amides is 1. The number of aromatic hydroxyl groups is 1. The van der Waals surface area contributed by atoms with Crippen molar-refractivity contribution in [3.63, 3.8) is 0 Å². The lowest BCUT2D eigenvalue weighted by Gasteiger charge is -2.29. The van der Waals surface area contributed by atoms with E-state index >= 15 is 0 Å².